The number of nitrogens with zero attached hydrogens (tertiary/aromatic N) is 2. The third kappa shape index (κ3) is 5.50. The molecule has 2 amide bonds. The number of nitrogens with one attached hydrogen (secondary N) is 1. The van der Waals surface area contributed by atoms with E-state index in [4.69, 9.17) is 10.5 Å². The third-order valence-electron chi connectivity index (χ3n) is 5.55. The summed E-state index contributed by atoms with van der Waals surface area (Å²) in [5.74, 6) is -1.30. The number of benzene rings is 1. The van der Waals surface area contributed by atoms with E-state index in [1.807, 2.05) is 0 Å². The summed E-state index contributed by atoms with van der Waals surface area (Å²) in [4.78, 5) is 27.3. The summed E-state index contributed by atoms with van der Waals surface area (Å²) in [7, 11) is 0. The number of nitrogens with two attached hydrogens (primary N) is 1. The first kappa shape index (κ1) is 22.5. The normalized spacial score (nSPS) is 18.6. The summed E-state index contributed by atoms with van der Waals surface area (Å²) in [6.45, 7) is 0.138. The Labute approximate surface area is 173 Å². The number of ether oxygens (including phenoxy) is 1. The standard InChI is InChI=1S/C20H27F3N4O3/c21-15-8-14(4-5-16(15)27-6-7-30-12-19(27)28)25-20(29)17(9-24)26(11-18(22)23)10-13-2-1-3-13/h4-5,8,13,17-18H,1-3,6-7,9-12,24H2,(H,25,29)/t17-/m0/s1. The Kier molecular flexibility index (Phi) is 7.68. The highest BCUT2D eigenvalue weighted by atomic mass is 19.3. The number of carbonyl (C=O) groups excluding carboxylic acids is 2. The monoisotopic (exact) mass is 428 g/mol. The molecule has 2 fully saturated rings. The predicted octanol–water partition coefficient (Wildman–Crippen LogP) is 1.82. The molecule has 1 saturated heterocycles. The lowest BCUT2D eigenvalue weighted by atomic mass is 9.85. The van der Waals surface area contributed by atoms with Crippen LogP contribution in [-0.2, 0) is 14.3 Å². The topological polar surface area (TPSA) is 87.9 Å². The molecule has 0 spiro atoms. The van der Waals surface area contributed by atoms with E-state index in [2.05, 4.69) is 5.32 Å². The lowest BCUT2D eigenvalue weighted by Crippen LogP contribution is -2.52. The number of morpholine rings is 1. The molecule has 3 rings (SSSR count). The van der Waals surface area contributed by atoms with Crippen LogP contribution in [0.2, 0.25) is 0 Å². The lowest BCUT2D eigenvalue weighted by Gasteiger charge is -2.36. The molecule has 1 aliphatic carbocycles. The summed E-state index contributed by atoms with van der Waals surface area (Å²) in [5.41, 5.74) is 5.99. The zero-order valence-electron chi connectivity index (χ0n) is 16.7. The minimum Gasteiger partial charge on any atom is -0.370 e. The van der Waals surface area contributed by atoms with Crippen molar-refractivity contribution in [2.24, 2.45) is 11.7 Å². The minimum atomic E-state index is -2.59. The number of carbonyl (C=O) groups is 2. The maximum atomic E-state index is 14.6. The van der Waals surface area contributed by atoms with Gasteiger partial charge in [0.15, 0.2) is 0 Å². The first-order valence-corrected chi connectivity index (χ1v) is 10.1. The van der Waals surface area contributed by atoms with Crippen molar-refractivity contribution in [1.29, 1.82) is 0 Å². The minimum absolute atomic E-state index is 0.0981. The van der Waals surface area contributed by atoms with Crippen LogP contribution in [-0.4, -0.2) is 68.6 Å². The Hall–Kier alpha value is -2.17. The van der Waals surface area contributed by atoms with E-state index < -0.39 is 30.7 Å². The molecule has 10 heteroatoms. The smallest absolute Gasteiger partial charge is 0.253 e. The molecule has 1 aliphatic heterocycles. The highest BCUT2D eigenvalue weighted by molar-refractivity contribution is 5.97. The van der Waals surface area contributed by atoms with Gasteiger partial charge in [0.1, 0.15) is 18.5 Å². The Morgan fingerprint density at radius 3 is 2.70 bits per heavy atom. The fraction of sp³-hybridized carbons (Fsp3) is 0.600. The van der Waals surface area contributed by atoms with Gasteiger partial charge in [0.05, 0.1) is 18.8 Å². The van der Waals surface area contributed by atoms with Gasteiger partial charge >= 0.3 is 0 Å². The second kappa shape index (κ2) is 10.2. The SMILES string of the molecule is NC[C@@H](C(=O)Nc1ccc(N2CCOCC2=O)c(F)c1)N(CC(F)F)CC1CCC1. The van der Waals surface area contributed by atoms with Crippen molar-refractivity contribution in [2.75, 3.05) is 49.6 Å². The molecule has 1 heterocycles. The molecule has 1 saturated carbocycles. The van der Waals surface area contributed by atoms with Crippen molar-refractivity contribution in [1.82, 2.24) is 4.90 Å². The molecule has 0 unspecified atom stereocenters. The molecule has 30 heavy (non-hydrogen) atoms. The predicted molar refractivity (Wildman–Crippen MR) is 106 cm³/mol. The molecule has 0 radical (unpaired) electrons. The van der Waals surface area contributed by atoms with Crippen molar-refractivity contribution < 1.29 is 27.5 Å². The molecule has 0 bridgehead atoms. The van der Waals surface area contributed by atoms with Crippen LogP contribution in [0.25, 0.3) is 0 Å². The highest BCUT2D eigenvalue weighted by Crippen LogP contribution is 2.28. The van der Waals surface area contributed by atoms with E-state index in [9.17, 15) is 22.8 Å². The molecule has 7 nitrogen and oxygen atoms in total. The van der Waals surface area contributed by atoms with Crippen LogP contribution in [0.3, 0.4) is 0 Å². The van der Waals surface area contributed by atoms with Gasteiger partial charge in [0.25, 0.3) is 12.3 Å². The first-order valence-electron chi connectivity index (χ1n) is 10.1. The molecular weight excluding hydrogens is 401 g/mol. The summed E-state index contributed by atoms with van der Waals surface area (Å²) in [6, 6.07) is 3.03. The van der Waals surface area contributed by atoms with Crippen LogP contribution < -0.4 is 16.0 Å². The van der Waals surface area contributed by atoms with Gasteiger partial charge in [-0.25, -0.2) is 13.2 Å². The molecule has 2 aliphatic rings. The fourth-order valence-electron chi connectivity index (χ4n) is 3.74. The average molecular weight is 428 g/mol. The second-order valence-electron chi connectivity index (χ2n) is 7.65. The second-order valence-corrected chi connectivity index (χ2v) is 7.65. The highest BCUT2D eigenvalue weighted by Gasteiger charge is 2.31. The zero-order valence-corrected chi connectivity index (χ0v) is 16.7. The van der Waals surface area contributed by atoms with Crippen LogP contribution in [0.5, 0.6) is 0 Å². The molecule has 0 aromatic heterocycles. The fourth-order valence-corrected chi connectivity index (χ4v) is 3.74. The van der Waals surface area contributed by atoms with Gasteiger partial charge in [-0.15, -0.1) is 0 Å². The molecule has 1 atom stereocenters. The number of hydrogen-bond donors (Lipinski definition) is 2. The van der Waals surface area contributed by atoms with E-state index in [0.29, 0.717) is 13.2 Å². The van der Waals surface area contributed by atoms with E-state index in [-0.39, 0.29) is 42.9 Å². The van der Waals surface area contributed by atoms with Gasteiger partial charge < -0.3 is 20.7 Å². The molecule has 3 N–H and O–H groups in total. The van der Waals surface area contributed by atoms with Crippen LogP contribution in [0.15, 0.2) is 18.2 Å². The van der Waals surface area contributed by atoms with Gasteiger partial charge in [-0.1, -0.05) is 6.42 Å². The van der Waals surface area contributed by atoms with E-state index in [1.165, 1.54) is 21.9 Å². The Morgan fingerprint density at radius 1 is 1.37 bits per heavy atom. The van der Waals surface area contributed by atoms with Crippen molar-refractivity contribution in [3.05, 3.63) is 24.0 Å². The van der Waals surface area contributed by atoms with E-state index in [0.717, 1.165) is 25.3 Å². The number of alkyl halides is 2. The lowest BCUT2D eigenvalue weighted by molar-refractivity contribution is -0.125. The third-order valence-corrected chi connectivity index (χ3v) is 5.55. The Morgan fingerprint density at radius 2 is 2.13 bits per heavy atom. The Bertz CT molecular complexity index is 761. The zero-order chi connectivity index (χ0) is 21.7. The van der Waals surface area contributed by atoms with Crippen LogP contribution in [0, 0.1) is 11.7 Å². The largest absolute Gasteiger partial charge is 0.370 e. The van der Waals surface area contributed by atoms with Gasteiger partial charge in [0.2, 0.25) is 5.91 Å². The molecule has 1 aromatic carbocycles. The molecular formula is C20H27F3N4O3. The van der Waals surface area contributed by atoms with Crippen molar-refractivity contribution in [3.8, 4) is 0 Å². The molecule has 166 valence electrons. The quantitative estimate of drug-likeness (QED) is 0.627. The average Bonchev–Trinajstić information content (AvgIpc) is 2.65. The van der Waals surface area contributed by atoms with E-state index >= 15 is 0 Å². The van der Waals surface area contributed by atoms with Crippen molar-refractivity contribution in [2.45, 2.75) is 31.7 Å². The number of rotatable bonds is 9. The summed E-state index contributed by atoms with van der Waals surface area (Å²) in [6.07, 6.45) is 0.371. The summed E-state index contributed by atoms with van der Waals surface area (Å²) in [5, 5.41) is 2.56. The van der Waals surface area contributed by atoms with Gasteiger partial charge in [-0.3, -0.25) is 14.5 Å². The number of anilines is 2. The number of hydrogen-bond acceptors (Lipinski definition) is 5. The van der Waals surface area contributed by atoms with Crippen molar-refractivity contribution >= 4 is 23.2 Å². The first-order chi connectivity index (χ1) is 14.4. The van der Waals surface area contributed by atoms with Gasteiger partial charge in [-0.2, -0.15) is 0 Å². The number of halogens is 3. The van der Waals surface area contributed by atoms with Crippen molar-refractivity contribution in [3.63, 3.8) is 0 Å². The Balaban J connectivity index is 1.69. The maximum Gasteiger partial charge on any atom is 0.253 e. The summed E-state index contributed by atoms with van der Waals surface area (Å²) >= 11 is 0. The number of amides is 2. The van der Waals surface area contributed by atoms with Crippen LogP contribution in [0.4, 0.5) is 24.5 Å². The van der Waals surface area contributed by atoms with Crippen LogP contribution >= 0.6 is 0 Å². The van der Waals surface area contributed by atoms with Gasteiger partial charge in [-0.05, 0) is 37.0 Å². The van der Waals surface area contributed by atoms with Gasteiger partial charge in [0, 0.05) is 25.3 Å². The summed E-state index contributed by atoms with van der Waals surface area (Å²) < 4.78 is 45.7. The van der Waals surface area contributed by atoms with Crippen LogP contribution in [0.1, 0.15) is 19.3 Å². The van der Waals surface area contributed by atoms with E-state index in [1.54, 1.807) is 0 Å². The molecule has 1 aromatic rings. The maximum absolute atomic E-state index is 14.6.